The number of nitrogens with zero attached hydrogens (tertiary/aromatic N) is 3. The van der Waals surface area contributed by atoms with Crippen LogP contribution in [0.25, 0.3) is 0 Å². The number of anilines is 1. The zero-order valence-corrected chi connectivity index (χ0v) is 13.8. The van der Waals surface area contributed by atoms with Crippen molar-refractivity contribution in [3.8, 4) is 0 Å². The minimum absolute atomic E-state index is 0.713. The zero-order valence-electron chi connectivity index (χ0n) is 12.2. The lowest BCUT2D eigenvalue weighted by Gasteiger charge is -2.37. The topological polar surface area (TPSA) is 26.8 Å². The Morgan fingerprint density at radius 3 is 2.50 bits per heavy atom. The predicted molar refractivity (Wildman–Crippen MR) is 86.7 cm³/mol. The molecular formula is C15H22BrN3O. The largest absolute Gasteiger partial charge is 0.368 e. The van der Waals surface area contributed by atoms with Gasteiger partial charge in [0.15, 0.2) is 0 Å². The number of hydrogen-bond acceptors (Lipinski definition) is 4. The normalized spacial score (nSPS) is 16.7. The molecule has 1 saturated heterocycles. The summed E-state index contributed by atoms with van der Waals surface area (Å²) in [4.78, 5) is 17.9. The van der Waals surface area contributed by atoms with Crippen LogP contribution in [0.3, 0.4) is 0 Å². The van der Waals surface area contributed by atoms with E-state index in [1.165, 1.54) is 5.69 Å². The molecule has 1 fully saturated rings. The third-order valence-electron chi connectivity index (χ3n) is 3.68. The van der Waals surface area contributed by atoms with E-state index in [4.69, 9.17) is 0 Å². The molecule has 1 heterocycles. The number of hydrogen-bond donors (Lipinski definition) is 0. The summed E-state index contributed by atoms with van der Waals surface area (Å²) in [5, 5.41) is 0. The van der Waals surface area contributed by atoms with E-state index in [0.717, 1.165) is 50.0 Å². The molecule has 1 aliphatic rings. The summed E-state index contributed by atoms with van der Waals surface area (Å²) < 4.78 is 1.00. The summed E-state index contributed by atoms with van der Waals surface area (Å²) >= 11 is 3.57. The minimum Gasteiger partial charge on any atom is -0.368 e. The molecule has 0 atom stereocenters. The molecule has 20 heavy (non-hydrogen) atoms. The molecule has 0 amide bonds. The molecule has 2 rings (SSSR count). The molecule has 0 bridgehead atoms. The first-order valence-corrected chi connectivity index (χ1v) is 7.76. The van der Waals surface area contributed by atoms with Gasteiger partial charge in [0.05, 0.1) is 5.69 Å². The number of carbonyl (C=O) groups is 1. The highest BCUT2D eigenvalue weighted by Gasteiger charge is 2.18. The molecule has 0 radical (unpaired) electrons. The first-order valence-electron chi connectivity index (χ1n) is 6.97. The fourth-order valence-electron chi connectivity index (χ4n) is 2.41. The van der Waals surface area contributed by atoms with Crippen molar-refractivity contribution >= 4 is 27.9 Å². The minimum atomic E-state index is 0.713. The Morgan fingerprint density at radius 1 is 1.25 bits per heavy atom. The quantitative estimate of drug-likeness (QED) is 0.766. The van der Waals surface area contributed by atoms with Crippen molar-refractivity contribution in [2.75, 3.05) is 58.3 Å². The van der Waals surface area contributed by atoms with Gasteiger partial charge in [-0.1, -0.05) is 0 Å². The number of halogens is 1. The lowest BCUT2D eigenvalue weighted by atomic mass is 10.2. The van der Waals surface area contributed by atoms with Crippen LogP contribution >= 0.6 is 15.9 Å². The molecule has 4 nitrogen and oxygen atoms in total. The molecule has 5 heteroatoms. The highest BCUT2D eigenvalue weighted by atomic mass is 79.9. The van der Waals surface area contributed by atoms with Crippen LogP contribution in [0.5, 0.6) is 0 Å². The Bertz CT molecular complexity index is 456. The molecule has 0 aromatic heterocycles. The molecular weight excluding hydrogens is 318 g/mol. The first kappa shape index (κ1) is 15.5. The van der Waals surface area contributed by atoms with Crippen LogP contribution in [-0.4, -0.2) is 69.4 Å². The van der Waals surface area contributed by atoms with Crippen molar-refractivity contribution in [2.24, 2.45) is 0 Å². The monoisotopic (exact) mass is 339 g/mol. The van der Waals surface area contributed by atoms with Gasteiger partial charge in [0.2, 0.25) is 0 Å². The van der Waals surface area contributed by atoms with Gasteiger partial charge in [-0.2, -0.15) is 0 Å². The van der Waals surface area contributed by atoms with Crippen LogP contribution in [0.15, 0.2) is 22.7 Å². The molecule has 0 N–H and O–H groups in total. The van der Waals surface area contributed by atoms with Gasteiger partial charge in [-0.15, -0.1) is 0 Å². The van der Waals surface area contributed by atoms with Crippen molar-refractivity contribution in [1.29, 1.82) is 0 Å². The van der Waals surface area contributed by atoms with Crippen LogP contribution in [0.2, 0.25) is 0 Å². The van der Waals surface area contributed by atoms with Crippen LogP contribution in [0, 0.1) is 0 Å². The van der Waals surface area contributed by atoms with Crippen molar-refractivity contribution in [3.63, 3.8) is 0 Å². The van der Waals surface area contributed by atoms with E-state index in [2.05, 4.69) is 44.7 Å². The summed E-state index contributed by atoms with van der Waals surface area (Å²) in [6.07, 6.45) is 0.883. The third-order valence-corrected chi connectivity index (χ3v) is 4.32. The fraction of sp³-hybridized carbons (Fsp3) is 0.533. The average molecular weight is 340 g/mol. The molecule has 0 aliphatic carbocycles. The van der Waals surface area contributed by atoms with Crippen LogP contribution < -0.4 is 4.90 Å². The summed E-state index contributed by atoms with van der Waals surface area (Å²) in [6, 6.07) is 5.80. The van der Waals surface area contributed by atoms with E-state index in [1.807, 2.05) is 18.2 Å². The van der Waals surface area contributed by atoms with Gasteiger partial charge in [0, 0.05) is 49.3 Å². The number of likely N-dealkylation sites (N-methyl/N-ethyl adjacent to an activating group) is 1. The first-order chi connectivity index (χ1) is 9.60. The smallest absolute Gasteiger partial charge is 0.150 e. The molecule has 1 aliphatic heterocycles. The van der Waals surface area contributed by atoms with Gasteiger partial charge in [-0.3, -0.25) is 9.69 Å². The highest BCUT2D eigenvalue weighted by molar-refractivity contribution is 9.10. The van der Waals surface area contributed by atoms with E-state index in [9.17, 15) is 4.79 Å². The Labute approximate surface area is 129 Å². The number of carbonyl (C=O) groups excluding carboxylic acids is 1. The Balaban J connectivity index is 1.92. The maximum absolute atomic E-state index is 10.8. The summed E-state index contributed by atoms with van der Waals surface area (Å²) in [6.45, 7) is 6.49. The van der Waals surface area contributed by atoms with Crippen molar-refractivity contribution in [1.82, 2.24) is 9.80 Å². The maximum atomic E-state index is 10.8. The lowest BCUT2D eigenvalue weighted by molar-refractivity contribution is 0.112. The van der Waals surface area contributed by atoms with E-state index < -0.39 is 0 Å². The Hall–Kier alpha value is -0.910. The van der Waals surface area contributed by atoms with Crippen LogP contribution in [0.4, 0.5) is 5.69 Å². The van der Waals surface area contributed by atoms with E-state index in [1.54, 1.807) is 0 Å². The number of piperazine rings is 1. The maximum Gasteiger partial charge on any atom is 0.150 e. The predicted octanol–water partition coefficient (Wildman–Crippen LogP) is 1.95. The Morgan fingerprint density at radius 2 is 1.95 bits per heavy atom. The van der Waals surface area contributed by atoms with Crippen molar-refractivity contribution in [2.45, 2.75) is 0 Å². The SMILES string of the molecule is CN(C)CCN1CCN(c2ccc(C=O)cc2Br)CC1. The number of rotatable bonds is 5. The van der Waals surface area contributed by atoms with Crippen LogP contribution in [0.1, 0.15) is 10.4 Å². The summed E-state index contributed by atoms with van der Waals surface area (Å²) in [5.74, 6) is 0. The second-order valence-corrected chi connectivity index (χ2v) is 6.32. The molecule has 1 aromatic rings. The molecule has 0 unspecified atom stereocenters. The van der Waals surface area contributed by atoms with Gasteiger partial charge < -0.3 is 9.80 Å². The van der Waals surface area contributed by atoms with Crippen molar-refractivity contribution in [3.05, 3.63) is 28.2 Å². The van der Waals surface area contributed by atoms with Gasteiger partial charge >= 0.3 is 0 Å². The zero-order chi connectivity index (χ0) is 14.5. The summed E-state index contributed by atoms with van der Waals surface area (Å²) in [7, 11) is 4.23. The van der Waals surface area contributed by atoms with E-state index in [-0.39, 0.29) is 0 Å². The van der Waals surface area contributed by atoms with E-state index in [0.29, 0.717) is 5.56 Å². The van der Waals surface area contributed by atoms with Gasteiger partial charge in [0.1, 0.15) is 6.29 Å². The Kier molecular flexibility index (Phi) is 5.57. The molecule has 110 valence electrons. The van der Waals surface area contributed by atoms with Gasteiger partial charge in [-0.25, -0.2) is 0 Å². The van der Waals surface area contributed by atoms with Gasteiger partial charge in [-0.05, 0) is 48.2 Å². The average Bonchev–Trinajstić information content (AvgIpc) is 2.45. The standard InChI is InChI=1S/C15H22BrN3O/c1-17(2)5-6-18-7-9-19(10-8-18)15-4-3-13(12-20)11-14(15)16/h3-4,11-12H,5-10H2,1-2H3. The van der Waals surface area contributed by atoms with E-state index >= 15 is 0 Å². The van der Waals surface area contributed by atoms with Crippen molar-refractivity contribution < 1.29 is 4.79 Å². The highest BCUT2D eigenvalue weighted by Crippen LogP contribution is 2.27. The second kappa shape index (κ2) is 7.20. The molecule has 0 saturated carbocycles. The summed E-state index contributed by atoms with van der Waals surface area (Å²) in [5.41, 5.74) is 1.90. The van der Waals surface area contributed by atoms with Crippen LogP contribution in [-0.2, 0) is 0 Å². The lowest BCUT2D eigenvalue weighted by Crippen LogP contribution is -2.48. The molecule has 1 aromatic carbocycles. The third kappa shape index (κ3) is 4.04. The number of aldehydes is 1. The van der Waals surface area contributed by atoms with Gasteiger partial charge in [0.25, 0.3) is 0 Å². The second-order valence-electron chi connectivity index (χ2n) is 5.46. The molecule has 0 spiro atoms. The fourth-order valence-corrected chi connectivity index (χ4v) is 3.05. The number of benzene rings is 1.